The van der Waals surface area contributed by atoms with Crippen molar-refractivity contribution in [3.63, 3.8) is 0 Å². The summed E-state index contributed by atoms with van der Waals surface area (Å²) in [5.41, 5.74) is 2.12. The molecule has 2 aromatic heterocycles. The zero-order chi connectivity index (χ0) is 16.9. The van der Waals surface area contributed by atoms with Gasteiger partial charge in [0.25, 0.3) is 11.8 Å². The molecule has 2 heterocycles. The van der Waals surface area contributed by atoms with E-state index in [1.807, 2.05) is 6.07 Å². The number of hydrogen-bond donors (Lipinski definition) is 1. The van der Waals surface area contributed by atoms with Crippen LogP contribution in [0.4, 0.5) is 0 Å². The fourth-order valence-electron chi connectivity index (χ4n) is 2.20. The Balaban J connectivity index is 1.67. The summed E-state index contributed by atoms with van der Waals surface area (Å²) in [6.07, 6.45) is 1.64. The lowest BCUT2D eigenvalue weighted by atomic mass is 10.1. The maximum absolute atomic E-state index is 12.2. The Bertz CT molecular complexity index is 843. The van der Waals surface area contributed by atoms with Gasteiger partial charge in [0, 0.05) is 29.4 Å². The fourth-order valence-corrected chi connectivity index (χ4v) is 2.20. The first kappa shape index (κ1) is 15.7. The Morgan fingerprint density at radius 3 is 2.71 bits per heavy atom. The van der Waals surface area contributed by atoms with Crippen LogP contribution in [0.5, 0.6) is 5.88 Å². The SMILES string of the molecule is COc1ncccc1CNC(=O)c1ccc(-c2nc(C)no2)cc1. The highest BCUT2D eigenvalue weighted by atomic mass is 16.5. The van der Waals surface area contributed by atoms with Gasteiger partial charge >= 0.3 is 0 Å². The Labute approximate surface area is 138 Å². The van der Waals surface area contributed by atoms with E-state index in [2.05, 4.69) is 20.4 Å². The van der Waals surface area contributed by atoms with Crippen LogP contribution in [0.25, 0.3) is 11.5 Å². The van der Waals surface area contributed by atoms with Crippen molar-refractivity contribution in [3.05, 3.63) is 59.5 Å². The van der Waals surface area contributed by atoms with Crippen molar-refractivity contribution in [1.82, 2.24) is 20.4 Å². The van der Waals surface area contributed by atoms with E-state index in [9.17, 15) is 4.79 Å². The molecule has 3 aromatic rings. The molecule has 7 heteroatoms. The molecule has 0 radical (unpaired) electrons. The van der Waals surface area contributed by atoms with Gasteiger partial charge in [0.2, 0.25) is 5.88 Å². The first-order chi connectivity index (χ1) is 11.7. The molecule has 0 aliphatic heterocycles. The third-order valence-electron chi connectivity index (χ3n) is 3.40. The summed E-state index contributed by atoms with van der Waals surface area (Å²) in [7, 11) is 1.55. The van der Waals surface area contributed by atoms with Gasteiger partial charge in [0.05, 0.1) is 7.11 Å². The van der Waals surface area contributed by atoms with Crippen LogP contribution in [0.3, 0.4) is 0 Å². The molecule has 0 bridgehead atoms. The van der Waals surface area contributed by atoms with Crippen molar-refractivity contribution in [2.45, 2.75) is 13.5 Å². The minimum atomic E-state index is -0.186. The zero-order valence-corrected chi connectivity index (χ0v) is 13.3. The van der Waals surface area contributed by atoms with E-state index in [-0.39, 0.29) is 5.91 Å². The Hall–Kier alpha value is -3.22. The summed E-state index contributed by atoms with van der Waals surface area (Å²) in [4.78, 5) is 20.5. The molecule has 1 N–H and O–H groups in total. The van der Waals surface area contributed by atoms with Crippen molar-refractivity contribution in [3.8, 4) is 17.3 Å². The van der Waals surface area contributed by atoms with Crippen LogP contribution in [-0.4, -0.2) is 28.1 Å². The number of hydrogen-bond acceptors (Lipinski definition) is 6. The smallest absolute Gasteiger partial charge is 0.257 e. The molecule has 0 saturated carbocycles. The normalized spacial score (nSPS) is 10.4. The maximum Gasteiger partial charge on any atom is 0.257 e. The van der Waals surface area contributed by atoms with Gasteiger partial charge in [-0.05, 0) is 37.3 Å². The van der Waals surface area contributed by atoms with E-state index < -0.39 is 0 Å². The third-order valence-corrected chi connectivity index (χ3v) is 3.40. The molecule has 24 heavy (non-hydrogen) atoms. The second kappa shape index (κ2) is 6.91. The highest BCUT2D eigenvalue weighted by Crippen LogP contribution is 2.18. The second-order valence-corrected chi connectivity index (χ2v) is 5.08. The topological polar surface area (TPSA) is 90.1 Å². The average Bonchev–Trinajstić information content (AvgIpc) is 3.06. The summed E-state index contributed by atoms with van der Waals surface area (Å²) >= 11 is 0. The first-order valence-electron chi connectivity index (χ1n) is 7.34. The summed E-state index contributed by atoms with van der Waals surface area (Å²) in [5, 5.41) is 6.59. The van der Waals surface area contributed by atoms with Crippen LogP contribution in [0.2, 0.25) is 0 Å². The molecule has 0 unspecified atom stereocenters. The van der Waals surface area contributed by atoms with Gasteiger partial charge in [-0.15, -0.1) is 0 Å². The van der Waals surface area contributed by atoms with Gasteiger partial charge in [0.1, 0.15) is 0 Å². The van der Waals surface area contributed by atoms with Gasteiger partial charge in [-0.25, -0.2) is 4.98 Å². The number of aryl methyl sites for hydroxylation is 1. The summed E-state index contributed by atoms with van der Waals surface area (Å²) in [6.45, 7) is 2.09. The Morgan fingerprint density at radius 1 is 1.25 bits per heavy atom. The second-order valence-electron chi connectivity index (χ2n) is 5.08. The van der Waals surface area contributed by atoms with E-state index in [0.717, 1.165) is 11.1 Å². The van der Waals surface area contributed by atoms with Gasteiger partial charge in [-0.3, -0.25) is 4.79 Å². The van der Waals surface area contributed by atoms with Crippen molar-refractivity contribution < 1.29 is 14.1 Å². The molecular weight excluding hydrogens is 308 g/mol. The zero-order valence-electron chi connectivity index (χ0n) is 13.3. The average molecular weight is 324 g/mol. The van der Waals surface area contributed by atoms with E-state index in [1.165, 1.54) is 0 Å². The van der Waals surface area contributed by atoms with E-state index >= 15 is 0 Å². The molecule has 1 aromatic carbocycles. The number of benzene rings is 1. The number of ether oxygens (including phenoxy) is 1. The quantitative estimate of drug-likeness (QED) is 0.775. The van der Waals surface area contributed by atoms with Crippen LogP contribution in [0.15, 0.2) is 47.1 Å². The van der Waals surface area contributed by atoms with Crippen LogP contribution >= 0.6 is 0 Å². The molecule has 3 rings (SSSR count). The minimum Gasteiger partial charge on any atom is -0.481 e. The van der Waals surface area contributed by atoms with Crippen molar-refractivity contribution in [2.75, 3.05) is 7.11 Å². The largest absolute Gasteiger partial charge is 0.481 e. The van der Waals surface area contributed by atoms with Gasteiger partial charge < -0.3 is 14.6 Å². The standard InChI is InChI=1S/C17H16N4O3/c1-11-20-17(24-21-11)13-7-5-12(6-8-13)15(22)19-10-14-4-3-9-18-16(14)23-2/h3-9H,10H2,1-2H3,(H,19,22). The van der Waals surface area contributed by atoms with Crippen molar-refractivity contribution in [1.29, 1.82) is 0 Å². The van der Waals surface area contributed by atoms with Crippen molar-refractivity contribution in [2.24, 2.45) is 0 Å². The van der Waals surface area contributed by atoms with Crippen LogP contribution in [-0.2, 0) is 6.54 Å². The lowest BCUT2D eigenvalue weighted by Crippen LogP contribution is -2.23. The number of methoxy groups -OCH3 is 1. The number of nitrogens with one attached hydrogen (secondary N) is 1. The molecule has 1 amide bonds. The van der Waals surface area contributed by atoms with Crippen LogP contribution in [0.1, 0.15) is 21.7 Å². The number of carbonyl (C=O) groups is 1. The minimum absolute atomic E-state index is 0.186. The highest BCUT2D eigenvalue weighted by Gasteiger charge is 2.10. The van der Waals surface area contributed by atoms with Gasteiger partial charge in [-0.1, -0.05) is 11.2 Å². The van der Waals surface area contributed by atoms with Gasteiger partial charge in [0.15, 0.2) is 5.82 Å². The van der Waals surface area contributed by atoms with Crippen LogP contribution < -0.4 is 10.1 Å². The van der Waals surface area contributed by atoms with E-state index in [1.54, 1.807) is 50.6 Å². The van der Waals surface area contributed by atoms with E-state index in [4.69, 9.17) is 9.26 Å². The number of pyridine rings is 1. The summed E-state index contributed by atoms with van der Waals surface area (Å²) < 4.78 is 10.3. The fraction of sp³-hybridized carbons (Fsp3) is 0.176. The summed E-state index contributed by atoms with van der Waals surface area (Å²) in [6, 6.07) is 10.6. The molecule has 122 valence electrons. The third kappa shape index (κ3) is 3.40. The molecule has 0 saturated heterocycles. The maximum atomic E-state index is 12.2. The number of aromatic nitrogens is 3. The summed E-state index contributed by atoms with van der Waals surface area (Å²) in [5.74, 6) is 1.31. The number of nitrogens with zero attached hydrogens (tertiary/aromatic N) is 3. The number of amides is 1. The Kier molecular flexibility index (Phi) is 4.51. The molecule has 0 aliphatic carbocycles. The molecule has 0 aliphatic rings. The predicted molar refractivity (Wildman–Crippen MR) is 86.4 cm³/mol. The predicted octanol–water partition coefficient (Wildman–Crippen LogP) is 2.38. The number of rotatable bonds is 5. The first-order valence-corrected chi connectivity index (χ1v) is 7.34. The van der Waals surface area contributed by atoms with Crippen molar-refractivity contribution >= 4 is 5.91 Å². The lowest BCUT2D eigenvalue weighted by molar-refractivity contribution is 0.0950. The Morgan fingerprint density at radius 2 is 2.04 bits per heavy atom. The molecule has 0 fully saturated rings. The monoisotopic (exact) mass is 324 g/mol. The lowest BCUT2D eigenvalue weighted by Gasteiger charge is -2.08. The molecule has 0 atom stereocenters. The van der Waals surface area contributed by atoms with E-state index in [0.29, 0.717) is 29.7 Å². The molecule has 0 spiro atoms. The number of carbonyl (C=O) groups excluding carboxylic acids is 1. The highest BCUT2D eigenvalue weighted by molar-refractivity contribution is 5.94. The van der Waals surface area contributed by atoms with Gasteiger partial charge in [-0.2, -0.15) is 4.98 Å². The molecular formula is C17H16N4O3. The van der Waals surface area contributed by atoms with Crippen LogP contribution in [0, 0.1) is 6.92 Å². The molecule has 7 nitrogen and oxygen atoms in total.